The van der Waals surface area contributed by atoms with Gasteiger partial charge < -0.3 is 19.8 Å². The molecule has 0 amide bonds. The fraction of sp³-hybridized carbons (Fsp3) is 0.257. The third-order valence-corrected chi connectivity index (χ3v) is 9.52. The summed E-state index contributed by atoms with van der Waals surface area (Å²) in [5, 5.41) is 10.1. The van der Waals surface area contributed by atoms with Gasteiger partial charge >= 0.3 is 11.9 Å². The standard InChI is InChI=1S/C35H34N4O4/c1-9-21-20(6)28-13-26-17(3)16(2)24(36-26)12-25-18(4)19(5)27(37-25)14-30-23-11-10-22(33(40)41)32(34(42)43-8)35(23,7)31(39-30)15-29(21)38-28/h9-15,32,36,38H,1H2,2-8H3,(H,40,41). The normalized spacial score (nSPS) is 19.5. The summed E-state index contributed by atoms with van der Waals surface area (Å²) in [6.45, 7) is 16.2. The topological polar surface area (TPSA) is 121 Å². The molecule has 2 atom stereocenters. The van der Waals surface area contributed by atoms with Gasteiger partial charge in [-0.1, -0.05) is 24.8 Å². The summed E-state index contributed by atoms with van der Waals surface area (Å²) in [4.78, 5) is 42.9. The Hall–Kier alpha value is -4.98. The molecule has 1 aliphatic carbocycles. The Labute approximate surface area is 249 Å². The summed E-state index contributed by atoms with van der Waals surface area (Å²) in [5.74, 6) is -2.94. The molecule has 218 valence electrons. The molecule has 8 bridgehead atoms. The van der Waals surface area contributed by atoms with Crippen molar-refractivity contribution in [2.24, 2.45) is 5.92 Å². The van der Waals surface area contributed by atoms with Crippen molar-refractivity contribution in [2.45, 2.75) is 47.0 Å². The molecule has 6 rings (SSSR count). The molecule has 0 radical (unpaired) electrons. The highest BCUT2D eigenvalue weighted by Crippen LogP contribution is 2.52. The van der Waals surface area contributed by atoms with Crippen LogP contribution in [0.25, 0.3) is 44.9 Å². The summed E-state index contributed by atoms with van der Waals surface area (Å²) in [5.41, 5.74) is 12.2. The molecular formula is C35H34N4O4. The maximum Gasteiger partial charge on any atom is 0.332 e. The van der Waals surface area contributed by atoms with E-state index in [1.54, 1.807) is 12.2 Å². The van der Waals surface area contributed by atoms with Gasteiger partial charge in [-0.3, -0.25) is 9.78 Å². The first kappa shape index (κ1) is 28.2. The van der Waals surface area contributed by atoms with Gasteiger partial charge in [-0.2, -0.15) is 0 Å². The van der Waals surface area contributed by atoms with E-state index in [4.69, 9.17) is 14.7 Å². The molecule has 3 aromatic rings. The quantitative estimate of drug-likeness (QED) is 0.290. The molecule has 3 N–H and O–H groups in total. The number of hydrogen-bond acceptors (Lipinski definition) is 5. The van der Waals surface area contributed by atoms with Crippen LogP contribution in [-0.2, 0) is 19.7 Å². The van der Waals surface area contributed by atoms with E-state index < -0.39 is 23.3 Å². The van der Waals surface area contributed by atoms with Gasteiger partial charge in [-0.25, -0.2) is 9.78 Å². The molecule has 5 heterocycles. The number of aromatic amines is 2. The molecule has 0 saturated heterocycles. The number of carbonyl (C=O) groups is 2. The molecule has 0 saturated carbocycles. The molecule has 8 nitrogen and oxygen atoms in total. The molecule has 2 aliphatic heterocycles. The summed E-state index contributed by atoms with van der Waals surface area (Å²) in [6.07, 6.45) is 5.04. The van der Waals surface area contributed by atoms with Gasteiger partial charge in [0.25, 0.3) is 0 Å². The van der Waals surface area contributed by atoms with Crippen molar-refractivity contribution in [3.8, 4) is 0 Å². The van der Waals surface area contributed by atoms with Crippen molar-refractivity contribution in [1.82, 2.24) is 19.9 Å². The number of nitrogens with zero attached hydrogens (tertiary/aromatic N) is 2. The lowest BCUT2D eigenvalue weighted by Crippen LogP contribution is -2.42. The van der Waals surface area contributed by atoms with E-state index in [-0.39, 0.29) is 5.57 Å². The van der Waals surface area contributed by atoms with Crippen LogP contribution in [0.3, 0.4) is 0 Å². The van der Waals surface area contributed by atoms with E-state index in [2.05, 4.69) is 49.5 Å². The first-order chi connectivity index (χ1) is 20.4. The molecule has 0 fully saturated rings. The smallest absolute Gasteiger partial charge is 0.332 e. The van der Waals surface area contributed by atoms with Crippen molar-refractivity contribution in [3.05, 3.63) is 93.6 Å². The van der Waals surface area contributed by atoms with Crippen LogP contribution in [0.4, 0.5) is 0 Å². The number of ether oxygens (including phenoxy) is 1. The van der Waals surface area contributed by atoms with Gasteiger partial charge in [0.2, 0.25) is 0 Å². The summed E-state index contributed by atoms with van der Waals surface area (Å²) in [7, 11) is 1.27. The van der Waals surface area contributed by atoms with Crippen LogP contribution in [-0.4, -0.2) is 44.1 Å². The Morgan fingerprint density at radius 3 is 2.09 bits per heavy atom. The highest BCUT2D eigenvalue weighted by molar-refractivity contribution is 6.01. The molecule has 3 aromatic heterocycles. The number of carboxylic acids is 1. The van der Waals surface area contributed by atoms with E-state index in [9.17, 15) is 14.7 Å². The second kappa shape index (κ2) is 9.80. The maximum absolute atomic E-state index is 13.3. The summed E-state index contributed by atoms with van der Waals surface area (Å²) in [6, 6.07) is 7.99. The minimum absolute atomic E-state index is 0.0459. The van der Waals surface area contributed by atoms with Crippen molar-refractivity contribution >= 4 is 56.8 Å². The van der Waals surface area contributed by atoms with E-state index in [1.807, 2.05) is 32.9 Å². The molecular weight excluding hydrogens is 540 g/mol. The third-order valence-electron chi connectivity index (χ3n) is 9.52. The number of carbonyl (C=O) groups excluding carboxylic acids is 1. The van der Waals surface area contributed by atoms with Crippen molar-refractivity contribution in [3.63, 3.8) is 0 Å². The van der Waals surface area contributed by atoms with E-state index in [0.717, 1.165) is 72.4 Å². The predicted octanol–water partition coefficient (Wildman–Crippen LogP) is 6.99. The van der Waals surface area contributed by atoms with E-state index >= 15 is 0 Å². The van der Waals surface area contributed by atoms with Crippen molar-refractivity contribution in [2.75, 3.05) is 7.11 Å². The number of H-pyrrole nitrogens is 2. The molecule has 0 spiro atoms. The van der Waals surface area contributed by atoms with Crippen molar-refractivity contribution < 1.29 is 19.4 Å². The third kappa shape index (κ3) is 4.04. The van der Waals surface area contributed by atoms with Crippen LogP contribution >= 0.6 is 0 Å². The minimum Gasteiger partial charge on any atom is -0.478 e. The van der Waals surface area contributed by atoms with Gasteiger partial charge in [0.1, 0.15) is 5.92 Å². The number of aliphatic carboxylic acids is 1. The fourth-order valence-corrected chi connectivity index (χ4v) is 6.53. The first-order valence-electron chi connectivity index (χ1n) is 14.2. The van der Waals surface area contributed by atoms with Crippen LogP contribution < -0.4 is 0 Å². The van der Waals surface area contributed by atoms with Crippen LogP contribution in [0.15, 0.2) is 48.6 Å². The summed E-state index contributed by atoms with van der Waals surface area (Å²) < 4.78 is 5.18. The maximum atomic E-state index is 13.3. The SMILES string of the molecule is C=Cc1c(C)c2cc3[nH]c(cc4nc(cc5nc(cc1[nH]2)C1(C)C5=CC=C(C(=O)O)C1C(=O)OC)C(C)=C4C)c(C)c3C. The zero-order valence-electron chi connectivity index (χ0n) is 25.4. The number of esters is 1. The molecule has 0 aromatic carbocycles. The zero-order valence-corrected chi connectivity index (χ0v) is 25.4. The average molecular weight is 575 g/mol. The molecule has 43 heavy (non-hydrogen) atoms. The average Bonchev–Trinajstić information content (AvgIpc) is 3.61. The molecule has 8 heteroatoms. The van der Waals surface area contributed by atoms with Gasteiger partial charge in [-0.15, -0.1) is 0 Å². The number of hydrogen-bond donors (Lipinski definition) is 3. The lowest BCUT2D eigenvalue weighted by Gasteiger charge is -2.36. The van der Waals surface area contributed by atoms with Crippen LogP contribution in [0.5, 0.6) is 0 Å². The van der Waals surface area contributed by atoms with Gasteiger partial charge in [0, 0.05) is 27.6 Å². The number of fused-ring (bicyclic) bond motifs is 11. The number of nitrogens with one attached hydrogen (secondary N) is 2. The van der Waals surface area contributed by atoms with Crippen LogP contribution in [0.1, 0.15) is 65.8 Å². The lowest BCUT2D eigenvalue weighted by molar-refractivity contribution is -0.148. The number of methoxy groups -OCH3 is 1. The van der Waals surface area contributed by atoms with Gasteiger partial charge in [0.05, 0.1) is 40.9 Å². The lowest BCUT2D eigenvalue weighted by atomic mass is 9.64. The molecule has 3 aliphatic rings. The minimum atomic E-state index is -1.18. The number of allylic oxidation sites excluding steroid dienone is 5. The van der Waals surface area contributed by atoms with E-state index in [0.29, 0.717) is 11.4 Å². The van der Waals surface area contributed by atoms with Gasteiger partial charge in [-0.05, 0) is 99.2 Å². The number of carboxylic acid groups (broad SMARTS) is 1. The first-order valence-corrected chi connectivity index (χ1v) is 14.2. The second-order valence-electron chi connectivity index (χ2n) is 11.7. The number of aryl methyl sites for hydroxylation is 3. The van der Waals surface area contributed by atoms with Crippen LogP contribution in [0, 0.1) is 26.7 Å². The zero-order chi connectivity index (χ0) is 31.0. The predicted molar refractivity (Wildman–Crippen MR) is 170 cm³/mol. The molecule has 2 unspecified atom stereocenters. The fourth-order valence-electron chi connectivity index (χ4n) is 6.53. The Balaban J connectivity index is 1.81. The highest BCUT2D eigenvalue weighted by atomic mass is 16.5. The second-order valence-corrected chi connectivity index (χ2v) is 11.7. The Morgan fingerprint density at radius 2 is 1.47 bits per heavy atom. The Morgan fingerprint density at radius 1 is 0.860 bits per heavy atom. The largest absolute Gasteiger partial charge is 0.478 e. The number of rotatable bonds is 3. The van der Waals surface area contributed by atoms with Crippen molar-refractivity contribution in [1.29, 1.82) is 0 Å². The number of aromatic nitrogens is 4. The van der Waals surface area contributed by atoms with Crippen LogP contribution in [0.2, 0.25) is 0 Å². The highest BCUT2D eigenvalue weighted by Gasteiger charge is 2.53. The Bertz CT molecular complexity index is 2050. The Kier molecular flexibility index (Phi) is 6.41. The van der Waals surface area contributed by atoms with E-state index in [1.165, 1.54) is 13.2 Å². The monoisotopic (exact) mass is 574 g/mol. The summed E-state index contributed by atoms with van der Waals surface area (Å²) >= 11 is 0. The van der Waals surface area contributed by atoms with Gasteiger partial charge in [0.15, 0.2) is 0 Å².